The minimum Gasteiger partial charge on any atom is -0.490 e. The van der Waals surface area contributed by atoms with Crippen LogP contribution in [-0.4, -0.2) is 23.0 Å². The number of aryl methyl sites for hydroxylation is 1. The van der Waals surface area contributed by atoms with Crippen LogP contribution in [0.1, 0.15) is 26.3 Å². The molecule has 2 aromatic rings. The lowest BCUT2D eigenvalue weighted by Gasteiger charge is -2.12. The van der Waals surface area contributed by atoms with Gasteiger partial charge in [0.25, 0.3) is 0 Å². The Kier molecular flexibility index (Phi) is 4.73. The van der Waals surface area contributed by atoms with Crippen LogP contribution >= 0.6 is 0 Å². The lowest BCUT2D eigenvalue weighted by Crippen LogP contribution is -1.99. The third-order valence-electron chi connectivity index (χ3n) is 3.36. The average Bonchev–Trinajstić information content (AvgIpc) is 2.76. The van der Waals surface area contributed by atoms with E-state index in [0.717, 1.165) is 34.7 Å². The van der Waals surface area contributed by atoms with Gasteiger partial charge in [0.1, 0.15) is 5.82 Å². The van der Waals surface area contributed by atoms with Crippen LogP contribution in [0.3, 0.4) is 0 Å². The molecule has 0 amide bonds. The van der Waals surface area contributed by atoms with E-state index in [1.54, 1.807) is 4.68 Å². The number of anilines is 1. The molecule has 0 aliphatic rings. The van der Waals surface area contributed by atoms with Crippen LogP contribution in [0.15, 0.2) is 18.2 Å². The number of benzene rings is 1. The monoisotopic (exact) mass is 289 g/mol. The van der Waals surface area contributed by atoms with Gasteiger partial charge in [0.2, 0.25) is 0 Å². The Morgan fingerprint density at radius 2 is 1.76 bits per heavy atom. The first kappa shape index (κ1) is 15.2. The van der Waals surface area contributed by atoms with Gasteiger partial charge in [0, 0.05) is 18.2 Å². The van der Waals surface area contributed by atoms with Crippen molar-refractivity contribution in [2.45, 2.75) is 27.2 Å². The summed E-state index contributed by atoms with van der Waals surface area (Å²) >= 11 is 0. The minimum atomic E-state index is 0.592. The lowest BCUT2D eigenvalue weighted by molar-refractivity contribution is 0.288. The molecule has 0 atom stereocenters. The van der Waals surface area contributed by atoms with Crippen LogP contribution < -0.4 is 15.2 Å². The summed E-state index contributed by atoms with van der Waals surface area (Å²) in [6.45, 7) is 7.19. The van der Waals surface area contributed by atoms with E-state index in [2.05, 4.69) is 12.0 Å². The molecular formula is C16H23N3O2. The van der Waals surface area contributed by atoms with Crippen molar-refractivity contribution in [1.29, 1.82) is 0 Å². The van der Waals surface area contributed by atoms with Crippen LogP contribution in [-0.2, 0) is 13.5 Å². The molecule has 5 nitrogen and oxygen atoms in total. The first-order valence-corrected chi connectivity index (χ1v) is 7.33. The van der Waals surface area contributed by atoms with E-state index in [4.69, 9.17) is 15.2 Å². The van der Waals surface area contributed by atoms with Crippen molar-refractivity contribution < 1.29 is 9.47 Å². The zero-order chi connectivity index (χ0) is 15.4. The molecule has 114 valence electrons. The maximum atomic E-state index is 6.07. The van der Waals surface area contributed by atoms with Crippen molar-refractivity contribution in [3.8, 4) is 22.8 Å². The molecule has 1 heterocycles. The SMILES string of the molecule is CCOc1ccc(-c2nn(C)c(N)c2CC)cc1OCC. The molecule has 0 aliphatic carbocycles. The van der Waals surface area contributed by atoms with Gasteiger partial charge in [-0.15, -0.1) is 0 Å². The Hall–Kier alpha value is -2.17. The second-order valence-electron chi connectivity index (χ2n) is 4.72. The summed E-state index contributed by atoms with van der Waals surface area (Å²) in [7, 11) is 1.86. The minimum absolute atomic E-state index is 0.592. The summed E-state index contributed by atoms with van der Waals surface area (Å²) in [5, 5.41) is 4.52. The molecule has 0 aliphatic heterocycles. The first-order valence-electron chi connectivity index (χ1n) is 7.33. The Morgan fingerprint density at radius 1 is 1.10 bits per heavy atom. The van der Waals surface area contributed by atoms with Gasteiger partial charge in [-0.25, -0.2) is 0 Å². The molecule has 1 aromatic carbocycles. The molecule has 0 radical (unpaired) electrons. The smallest absolute Gasteiger partial charge is 0.161 e. The Balaban J connectivity index is 2.49. The van der Waals surface area contributed by atoms with Crippen molar-refractivity contribution in [3.63, 3.8) is 0 Å². The third kappa shape index (κ3) is 2.96. The van der Waals surface area contributed by atoms with Gasteiger partial charge in [0.05, 0.1) is 18.9 Å². The molecule has 2 rings (SSSR count). The zero-order valence-corrected chi connectivity index (χ0v) is 13.1. The van der Waals surface area contributed by atoms with E-state index in [0.29, 0.717) is 19.0 Å². The third-order valence-corrected chi connectivity index (χ3v) is 3.36. The quantitative estimate of drug-likeness (QED) is 0.888. The van der Waals surface area contributed by atoms with Gasteiger partial charge in [-0.1, -0.05) is 6.92 Å². The molecule has 0 bridgehead atoms. The molecule has 1 aromatic heterocycles. The standard InChI is InChI=1S/C16H23N3O2/c1-5-12-15(18-19(4)16(12)17)11-8-9-13(20-6-2)14(10-11)21-7-3/h8-10H,5-7,17H2,1-4H3. The summed E-state index contributed by atoms with van der Waals surface area (Å²) in [4.78, 5) is 0. The molecule has 2 N–H and O–H groups in total. The number of ether oxygens (including phenoxy) is 2. The van der Waals surface area contributed by atoms with E-state index >= 15 is 0 Å². The van der Waals surface area contributed by atoms with Gasteiger partial charge >= 0.3 is 0 Å². The molecule has 0 unspecified atom stereocenters. The van der Waals surface area contributed by atoms with Crippen molar-refractivity contribution in [2.24, 2.45) is 7.05 Å². The van der Waals surface area contributed by atoms with Crippen molar-refractivity contribution in [1.82, 2.24) is 9.78 Å². The maximum absolute atomic E-state index is 6.07. The lowest BCUT2D eigenvalue weighted by atomic mass is 10.1. The van der Waals surface area contributed by atoms with Crippen LogP contribution in [0.2, 0.25) is 0 Å². The van der Waals surface area contributed by atoms with E-state index in [9.17, 15) is 0 Å². The number of hydrogen-bond donors (Lipinski definition) is 1. The first-order chi connectivity index (χ1) is 10.1. The van der Waals surface area contributed by atoms with Gasteiger partial charge < -0.3 is 15.2 Å². The fraction of sp³-hybridized carbons (Fsp3) is 0.438. The molecule has 0 fully saturated rings. The summed E-state index contributed by atoms with van der Waals surface area (Å²) in [5.41, 5.74) is 9.03. The molecule has 0 spiro atoms. The van der Waals surface area contributed by atoms with Gasteiger partial charge in [0.15, 0.2) is 11.5 Å². The average molecular weight is 289 g/mol. The van der Waals surface area contributed by atoms with Crippen molar-refractivity contribution >= 4 is 5.82 Å². The molecule has 0 saturated heterocycles. The molecule has 0 saturated carbocycles. The molecular weight excluding hydrogens is 266 g/mol. The number of nitrogen functional groups attached to an aromatic ring is 1. The predicted octanol–water partition coefficient (Wildman–Crippen LogP) is 3.03. The second-order valence-corrected chi connectivity index (χ2v) is 4.72. The van der Waals surface area contributed by atoms with Crippen LogP contribution in [0.4, 0.5) is 5.82 Å². The highest BCUT2D eigenvalue weighted by Gasteiger charge is 2.16. The summed E-state index contributed by atoms with van der Waals surface area (Å²) in [6.07, 6.45) is 0.839. The predicted molar refractivity (Wildman–Crippen MR) is 84.8 cm³/mol. The zero-order valence-electron chi connectivity index (χ0n) is 13.1. The van der Waals surface area contributed by atoms with Crippen LogP contribution in [0, 0.1) is 0 Å². The van der Waals surface area contributed by atoms with E-state index in [-0.39, 0.29) is 0 Å². The Bertz CT molecular complexity index is 620. The fourth-order valence-electron chi connectivity index (χ4n) is 2.36. The Morgan fingerprint density at radius 3 is 2.38 bits per heavy atom. The van der Waals surface area contributed by atoms with E-state index in [1.807, 2.05) is 39.1 Å². The summed E-state index contributed by atoms with van der Waals surface area (Å²) < 4.78 is 13.0. The number of nitrogens with zero attached hydrogens (tertiary/aromatic N) is 2. The van der Waals surface area contributed by atoms with Crippen molar-refractivity contribution in [2.75, 3.05) is 18.9 Å². The van der Waals surface area contributed by atoms with Crippen LogP contribution in [0.5, 0.6) is 11.5 Å². The molecule has 21 heavy (non-hydrogen) atoms. The summed E-state index contributed by atoms with van der Waals surface area (Å²) in [5.74, 6) is 2.20. The largest absolute Gasteiger partial charge is 0.490 e. The molecule has 5 heteroatoms. The number of rotatable bonds is 6. The maximum Gasteiger partial charge on any atom is 0.161 e. The highest BCUT2D eigenvalue weighted by atomic mass is 16.5. The van der Waals surface area contributed by atoms with Gasteiger partial charge in [-0.05, 0) is 38.5 Å². The summed E-state index contributed by atoms with van der Waals surface area (Å²) in [6, 6.07) is 5.89. The topological polar surface area (TPSA) is 62.3 Å². The van der Waals surface area contributed by atoms with E-state index < -0.39 is 0 Å². The number of aromatic nitrogens is 2. The normalized spacial score (nSPS) is 10.7. The van der Waals surface area contributed by atoms with E-state index in [1.165, 1.54) is 0 Å². The number of nitrogens with two attached hydrogens (primary N) is 1. The van der Waals surface area contributed by atoms with Gasteiger partial charge in [-0.2, -0.15) is 5.10 Å². The fourth-order valence-corrected chi connectivity index (χ4v) is 2.36. The van der Waals surface area contributed by atoms with Gasteiger partial charge in [-0.3, -0.25) is 4.68 Å². The highest BCUT2D eigenvalue weighted by Crippen LogP contribution is 2.35. The highest BCUT2D eigenvalue weighted by molar-refractivity contribution is 5.71. The van der Waals surface area contributed by atoms with Crippen molar-refractivity contribution in [3.05, 3.63) is 23.8 Å². The van der Waals surface area contributed by atoms with Crippen LogP contribution in [0.25, 0.3) is 11.3 Å². The second kappa shape index (κ2) is 6.52. The number of hydrogen-bond acceptors (Lipinski definition) is 4. The Labute approximate surface area is 125 Å².